The molecule has 2 rings (SSSR count). The molecule has 0 amide bonds. The lowest BCUT2D eigenvalue weighted by Crippen LogP contribution is -2.15. The van der Waals surface area contributed by atoms with E-state index in [-0.39, 0.29) is 0 Å². The van der Waals surface area contributed by atoms with Crippen LogP contribution >= 0.6 is 0 Å². The van der Waals surface area contributed by atoms with Crippen molar-refractivity contribution in [3.8, 4) is 5.88 Å². The molecule has 0 saturated carbocycles. The maximum atomic E-state index is 13.6. The smallest absolute Gasteiger partial charge is 0.358 e. The Bertz CT molecular complexity index is 581. The molecule has 1 aromatic heterocycles. The number of halogens is 1. The van der Waals surface area contributed by atoms with Crippen molar-refractivity contribution in [3.63, 3.8) is 0 Å². The van der Waals surface area contributed by atoms with Gasteiger partial charge in [-0.3, -0.25) is 4.57 Å². The highest BCUT2D eigenvalue weighted by molar-refractivity contribution is 5.88. The molecule has 0 aliphatic rings. The molecule has 0 aliphatic heterocycles. The number of aromatic nitrogens is 2. The highest BCUT2D eigenvalue weighted by Crippen LogP contribution is 2.26. The Morgan fingerprint density at radius 3 is 2.56 bits per heavy atom. The number of carboxylic acids is 1. The summed E-state index contributed by atoms with van der Waals surface area (Å²) in [5.74, 6) is -2.24. The SMILES string of the molecule is C[C@H](c1ccccc1)n1c(F)nc(O)c1C(=O)O. The quantitative estimate of drug-likeness (QED) is 0.874. The van der Waals surface area contributed by atoms with E-state index in [0.29, 0.717) is 0 Å². The van der Waals surface area contributed by atoms with Crippen LogP contribution in [-0.4, -0.2) is 25.7 Å². The minimum atomic E-state index is -1.42. The summed E-state index contributed by atoms with van der Waals surface area (Å²) in [6.07, 6.45) is -1.03. The average molecular weight is 250 g/mol. The van der Waals surface area contributed by atoms with Gasteiger partial charge in [-0.1, -0.05) is 30.3 Å². The fraction of sp³-hybridized carbons (Fsp3) is 0.167. The van der Waals surface area contributed by atoms with Gasteiger partial charge in [0.25, 0.3) is 6.08 Å². The van der Waals surface area contributed by atoms with Gasteiger partial charge in [0.2, 0.25) is 5.88 Å². The van der Waals surface area contributed by atoms with Crippen LogP contribution in [0.2, 0.25) is 0 Å². The number of carbonyl (C=O) groups is 1. The average Bonchev–Trinajstić information content (AvgIpc) is 2.64. The van der Waals surface area contributed by atoms with Crippen LogP contribution in [0.3, 0.4) is 0 Å². The first-order valence-electron chi connectivity index (χ1n) is 5.27. The molecule has 1 aromatic carbocycles. The van der Waals surface area contributed by atoms with Crippen LogP contribution in [0.25, 0.3) is 0 Å². The van der Waals surface area contributed by atoms with Gasteiger partial charge in [0.15, 0.2) is 5.69 Å². The zero-order chi connectivity index (χ0) is 13.3. The third-order valence-corrected chi connectivity index (χ3v) is 2.72. The number of aromatic carboxylic acids is 1. The molecule has 0 bridgehead atoms. The molecule has 2 N–H and O–H groups in total. The summed E-state index contributed by atoms with van der Waals surface area (Å²) in [7, 11) is 0. The Morgan fingerprint density at radius 2 is 2.00 bits per heavy atom. The summed E-state index contributed by atoms with van der Waals surface area (Å²) in [6, 6.07) is 8.24. The van der Waals surface area contributed by atoms with Gasteiger partial charge in [-0.05, 0) is 12.5 Å². The normalized spacial score (nSPS) is 12.3. The standard InChI is InChI=1S/C12H11FN2O3/c1-7(8-5-3-2-4-6-8)15-9(11(17)18)10(16)14-12(15)13/h2-7,16H,1H3,(H,17,18)/t7-/m1/s1. The molecule has 0 aliphatic carbocycles. The van der Waals surface area contributed by atoms with Crippen LogP contribution in [0.5, 0.6) is 5.88 Å². The molecule has 0 saturated heterocycles. The van der Waals surface area contributed by atoms with Crippen molar-refractivity contribution in [2.24, 2.45) is 0 Å². The number of aromatic hydroxyl groups is 1. The second kappa shape index (κ2) is 4.48. The van der Waals surface area contributed by atoms with Crippen molar-refractivity contribution in [2.45, 2.75) is 13.0 Å². The number of hydrogen-bond donors (Lipinski definition) is 2. The molecule has 0 radical (unpaired) electrons. The number of carboxylic acid groups (broad SMARTS) is 1. The van der Waals surface area contributed by atoms with E-state index in [1.807, 2.05) is 0 Å². The Balaban J connectivity index is 2.55. The van der Waals surface area contributed by atoms with E-state index in [1.165, 1.54) is 0 Å². The van der Waals surface area contributed by atoms with Gasteiger partial charge in [0.1, 0.15) is 0 Å². The first-order valence-corrected chi connectivity index (χ1v) is 5.27. The zero-order valence-corrected chi connectivity index (χ0v) is 9.54. The molecule has 1 atom stereocenters. The number of hydrogen-bond acceptors (Lipinski definition) is 3. The molecular weight excluding hydrogens is 239 g/mol. The van der Waals surface area contributed by atoms with Gasteiger partial charge in [-0.2, -0.15) is 9.37 Å². The number of benzene rings is 1. The third-order valence-electron chi connectivity index (χ3n) is 2.72. The fourth-order valence-corrected chi connectivity index (χ4v) is 1.83. The van der Waals surface area contributed by atoms with Gasteiger partial charge in [-0.25, -0.2) is 4.79 Å². The van der Waals surface area contributed by atoms with Gasteiger partial charge in [0, 0.05) is 0 Å². The van der Waals surface area contributed by atoms with E-state index >= 15 is 0 Å². The molecular formula is C12H11FN2O3. The highest BCUT2D eigenvalue weighted by atomic mass is 19.1. The van der Waals surface area contributed by atoms with Gasteiger partial charge in [0.05, 0.1) is 6.04 Å². The number of nitrogens with zero attached hydrogens (tertiary/aromatic N) is 2. The Morgan fingerprint density at radius 1 is 1.39 bits per heavy atom. The van der Waals surface area contributed by atoms with Crippen molar-refractivity contribution in [3.05, 3.63) is 47.7 Å². The first kappa shape index (κ1) is 12.1. The molecule has 0 unspecified atom stereocenters. The summed E-state index contributed by atoms with van der Waals surface area (Å²) < 4.78 is 14.5. The molecule has 6 heteroatoms. The summed E-state index contributed by atoms with van der Waals surface area (Å²) in [6.45, 7) is 1.63. The molecule has 1 heterocycles. The number of rotatable bonds is 3. The van der Waals surface area contributed by atoms with Crippen molar-refractivity contribution in [2.75, 3.05) is 0 Å². The van der Waals surface area contributed by atoms with Gasteiger partial charge in [-0.15, -0.1) is 0 Å². The Kier molecular flexibility index (Phi) is 3.01. The summed E-state index contributed by atoms with van der Waals surface area (Å²) >= 11 is 0. The second-order valence-electron chi connectivity index (χ2n) is 3.81. The number of imidazole rings is 1. The lowest BCUT2D eigenvalue weighted by molar-refractivity contribution is 0.0678. The summed E-state index contributed by atoms with van der Waals surface area (Å²) in [5.41, 5.74) is 0.167. The van der Waals surface area contributed by atoms with E-state index in [1.54, 1.807) is 37.3 Å². The van der Waals surface area contributed by atoms with Crippen LogP contribution in [0.15, 0.2) is 30.3 Å². The largest absolute Gasteiger partial charge is 0.492 e. The van der Waals surface area contributed by atoms with E-state index in [4.69, 9.17) is 5.11 Å². The van der Waals surface area contributed by atoms with E-state index in [0.717, 1.165) is 10.1 Å². The van der Waals surface area contributed by atoms with Crippen LogP contribution in [0.4, 0.5) is 4.39 Å². The van der Waals surface area contributed by atoms with Gasteiger partial charge < -0.3 is 10.2 Å². The highest BCUT2D eigenvalue weighted by Gasteiger charge is 2.26. The summed E-state index contributed by atoms with van der Waals surface area (Å²) in [5, 5.41) is 18.3. The third kappa shape index (κ3) is 1.92. The lowest BCUT2D eigenvalue weighted by Gasteiger charge is -2.15. The molecule has 18 heavy (non-hydrogen) atoms. The minimum Gasteiger partial charge on any atom is -0.492 e. The van der Waals surface area contributed by atoms with E-state index < -0.39 is 29.7 Å². The molecule has 94 valence electrons. The predicted octanol–water partition coefficient (Wildman–Crippen LogP) is 2.04. The zero-order valence-electron chi connectivity index (χ0n) is 9.54. The molecule has 2 aromatic rings. The molecule has 5 nitrogen and oxygen atoms in total. The molecule has 0 fully saturated rings. The Hall–Kier alpha value is -2.37. The summed E-state index contributed by atoms with van der Waals surface area (Å²) in [4.78, 5) is 14.2. The predicted molar refractivity (Wildman–Crippen MR) is 61.1 cm³/mol. The van der Waals surface area contributed by atoms with Crippen molar-refractivity contribution in [1.82, 2.24) is 9.55 Å². The van der Waals surface area contributed by atoms with Crippen LogP contribution in [0.1, 0.15) is 29.0 Å². The topological polar surface area (TPSA) is 75.3 Å². The maximum absolute atomic E-state index is 13.6. The monoisotopic (exact) mass is 250 g/mol. The van der Waals surface area contributed by atoms with Crippen LogP contribution in [-0.2, 0) is 0 Å². The second-order valence-corrected chi connectivity index (χ2v) is 3.81. The van der Waals surface area contributed by atoms with Crippen molar-refractivity contribution >= 4 is 5.97 Å². The first-order chi connectivity index (χ1) is 8.52. The lowest BCUT2D eigenvalue weighted by atomic mass is 10.1. The molecule has 0 spiro atoms. The van der Waals surface area contributed by atoms with Crippen LogP contribution < -0.4 is 0 Å². The minimum absolute atomic E-state index is 0.552. The van der Waals surface area contributed by atoms with Crippen LogP contribution in [0, 0.1) is 6.08 Å². The Labute approximate surface area is 102 Å². The van der Waals surface area contributed by atoms with E-state index in [2.05, 4.69) is 4.98 Å². The van der Waals surface area contributed by atoms with Crippen molar-refractivity contribution < 1.29 is 19.4 Å². The fourth-order valence-electron chi connectivity index (χ4n) is 1.83. The van der Waals surface area contributed by atoms with Crippen molar-refractivity contribution in [1.29, 1.82) is 0 Å². The maximum Gasteiger partial charge on any atom is 0.358 e. The van der Waals surface area contributed by atoms with Gasteiger partial charge >= 0.3 is 5.97 Å². The van der Waals surface area contributed by atoms with E-state index in [9.17, 15) is 14.3 Å².